The fourth-order valence-corrected chi connectivity index (χ4v) is 3.54. The lowest BCUT2D eigenvalue weighted by molar-refractivity contribution is 0.356. The van der Waals surface area contributed by atoms with E-state index < -0.39 is 42.5 Å². The van der Waals surface area contributed by atoms with E-state index in [0.29, 0.717) is 6.08 Å². The smallest absolute Gasteiger partial charge is 0.348 e. The van der Waals surface area contributed by atoms with Crippen LogP contribution < -0.4 is 5.32 Å². The van der Waals surface area contributed by atoms with Gasteiger partial charge in [0.2, 0.25) is 0 Å². The number of benzene rings is 1. The number of phenols is 1. The molecule has 14 heteroatoms. The van der Waals surface area contributed by atoms with Crippen molar-refractivity contribution >= 4 is 25.3 Å². The summed E-state index contributed by atoms with van der Waals surface area (Å²) < 4.78 is 53.6. The minimum atomic E-state index is -4.88. The monoisotopic (exact) mass is 403 g/mol. The van der Waals surface area contributed by atoms with Crippen LogP contribution in [0, 0.1) is 0 Å². The Kier molecular flexibility index (Phi) is 6.50. The molecule has 0 fully saturated rings. The minimum Gasteiger partial charge on any atom is -0.508 e. The van der Waals surface area contributed by atoms with Crippen molar-refractivity contribution in [2.45, 2.75) is 17.2 Å². The molecule has 0 spiro atoms. The molecule has 0 amide bonds. The Hall–Kier alpha value is -1.07. The van der Waals surface area contributed by atoms with E-state index in [-0.39, 0.29) is 17.1 Å². The van der Waals surface area contributed by atoms with Gasteiger partial charge in [-0.25, -0.2) is 0 Å². The van der Waals surface area contributed by atoms with Gasteiger partial charge in [-0.3, -0.25) is 19.0 Å². The van der Waals surface area contributed by atoms with Crippen molar-refractivity contribution in [2.75, 3.05) is 0 Å². The van der Waals surface area contributed by atoms with Crippen molar-refractivity contribution in [2.24, 2.45) is 0 Å². The average Bonchev–Trinajstić information content (AvgIpc) is 2.34. The molecule has 0 aliphatic heterocycles. The highest BCUT2D eigenvalue weighted by molar-refractivity contribution is 7.85. The number of phenolic OH excluding ortho intramolecular Hbond substituents is 1. The van der Waals surface area contributed by atoms with Crippen LogP contribution in [-0.2, 0) is 25.8 Å². The van der Waals surface area contributed by atoms with Crippen LogP contribution in [0.5, 0.6) is 5.75 Å². The van der Waals surface area contributed by atoms with Crippen LogP contribution in [0.25, 0.3) is 0 Å². The summed E-state index contributed by atoms with van der Waals surface area (Å²) in [7, 11) is -14.2. The van der Waals surface area contributed by atoms with Crippen molar-refractivity contribution < 1.29 is 46.8 Å². The van der Waals surface area contributed by atoms with Crippen molar-refractivity contribution in [3.05, 3.63) is 35.7 Å². The summed E-state index contributed by atoms with van der Waals surface area (Å²) in [5.74, 6) is -1.91. The molecule has 7 N–H and O–H groups in total. The summed E-state index contributed by atoms with van der Waals surface area (Å²) >= 11 is 0. The first-order valence-electron chi connectivity index (χ1n) is 6.03. The van der Waals surface area contributed by atoms with E-state index in [1.165, 1.54) is 0 Å². The maximum atomic E-state index is 11.3. The maximum Gasteiger partial charge on any atom is 0.348 e. The van der Waals surface area contributed by atoms with E-state index in [1.807, 2.05) is 0 Å². The molecular weight excluding hydrogens is 388 g/mol. The fraction of sp³-hybridized carbons (Fsp3) is 0.200. The Balaban J connectivity index is 3.12. The summed E-state index contributed by atoms with van der Waals surface area (Å²) in [5, 5.41) is 11.6. The molecule has 1 unspecified atom stereocenters. The largest absolute Gasteiger partial charge is 0.508 e. The van der Waals surface area contributed by atoms with Crippen LogP contribution in [0.2, 0.25) is 0 Å². The molecule has 0 aliphatic rings. The van der Waals surface area contributed by atoms with Crippen molar-refractivity contribution in [1.82, 2.24) is 5.32 Å². The topological polar surface area (TPSA) is 202 Å². The van der Waals surface area contributed by atoms with Gasteiger partial charge >= 0.3 is 15.2 Å². The zero-order valence-electron chi connectivity index (χ0n) is 11.8. The molecule has 0 radical (unpaired) electrons. The van der Waals surface area contributed by atoms with Gasteiger partial charge in [0.15, 0.2) is 0 Å². The van der Waals surface area contributed by atoms with Crippen LogP contribution in [0.15, 0.2) is 35.0 Å². The number of hydrogen-bond acceptors (Lipinski definition) is 6. The average molecular weight is 403 g/mol. The zero-order chi connectivity index (χ0) is 18.8. The summed E-state index contributed by atoms with van der Waals surface area (Å²) in [5.41, 5.74) is -0.208. The van der Waals surface area contributed by atoms with E-state index in [4.69, 9.17) is 24.1 Å². The molecule has 24 heavy (non-hydrogen) atoms. The highest BCUT2D eigenvalue weighted by Crippen LogP contribution is 2.43. The fourth-order valence-electron chi connectivity index (χ4n) is 1.66. The molecule has 0 saturated carbocycles. The van der Waals surface area contributed by atoms with Gasteiger partial charge in [0.05, 0.1) is 4.90 Å². The molecule has 0 heterocycles. The molecule has 1 aromatic carbocycles. The van der Waals surface area contributed by atoms with Gasteiger partial charge in [-0.05, 0) is 29.8 Å². The summed E-state index contributed by atoms with van der Waals surface area (Å²) in [6.45, 7) is -0.537. The standard InChI is InChI=1S/C10H15NO10P2S/c12-8-1-2-9(24(19,20)21)7(5-8)6-11-10(23(16,17)18)3-4-22(13,14)15/h1-5,10-12H,6H2,(H2,13,14,15)(H2,16,17,18)(H,19,20,21). The molecule has 11 nitrogen and oxygen atoms in total. The highest BCUT2D eigenvalue weighted by Gasteiger charge is 2.27. The predicted molar refractivity (Wildman–Crippen MR) is 81.8 cm³/mol. The predicted octanol–water partition coefficient (Wildman–Crippen LogP) is -0.0763. The summed E-state index contributed by atoms with van der Waals surface area (Å²) in [6, 6.07) is 2.82. The number of hydrogen-bond donors (Lipinski definition) is 7. The summed E-state index contributed by atoms with van der Waals surface area (Å²) in [4.78, 5) is 35.1. The first-order chi connectivity index (χ1) is 10.7. The van der Waals surface area contributed by atoms with E-state index in [0.717, 1.165) is 18.2 Å². The maximum absolute atomic E-state index is 11.3. The number of aromatic hydroxyl groups is 1. The van der Waals surface area contributed by atoms with Gasteiger partial charge in [-0.1, -0.05) is 0 Å². The number of nitrogens with one attached hydrogen (secondary N) is 1. The second-order valence-corrected chi connectivity index (χ2v) is 9.21. The molecule has 1 aromatic rings. The first-order valence-corrected chi connectivity index (χ1v) is 10.8. The van der Waals surface area contributed by atoms with Gasteiger partial charge in [0, 0.05) is 12.4 Å². The third-order valence-electron chi connectivity index (χ3n) is 2.65. The second kappa shape index (κ2) is 7.44. The first kappa shape index (κ1) is 21.0. The zero-order valence-corrected chi connectivity index (χ0v) is 14.4. The highest BCUT2D eigenvalue weighted by atomic mass is 32.2. The van der Waals surface area contributed by atoms with Crippen LogP contribution in [0.3, 0.4) is 0 Å². The lowest BCUT2D eigenvalue weighted by Gasteiger charge is -2.17. The lowest BCUT2D eigenvalue weighted by atomic mass is 10.2. The minimum absolute atomic E-state index is 0.208. The van der Waals surface area contributed by atoms with Gasteiger partial charge < -0.3 is 24.7 Å². The molecular formula is C10H15NO10P2S. The third kappa shape index (κ3) is 6.81. The van der Waals surface area contributed by atoms with Crippen LogP contribution >= 0.6 is 15.2 Å². The van der Waals surface area contributed by atoms with Gasteiger partial charge in [0.1, 0.15) is 11.5 Å². The molecule has 0 aliphatic carbocycles. The van der Waals surface area contributed by atoms with E-state index in [2.05, 4.69) is 5.32 Å². The van der Waals surface area contributed by atoms with Crippen LogP contribution in [0.4, 0.5) is 0 Å². The van der Waals surface area contributed by atoms with Crippen molar-refractivity contribution in [1.29, 1.82) is 0 Å². The summed E-state index contributed by atoms with van der Waals surface area (Å²) in [6.07, 6.45) is 0.553. The van der Waals surface area contributed by atoms with Crippen LogP contribution in [0.1, 0.15) is 5.56 Å². The van der Waals surface area contributed by atoms with Crippen molar-refractivity contribution in [3.8, 4) is 5.75 Å². The Labute approximate surface area is 136 Å². The van der Waals surface area contributed by atoms with E-state index >= 15 is 0 Å². The normalized spacial score (nSPS) is 14.9. The molecule has 0 saturated heterocycles. The lowest BCUT2D eigenvalue weighted by Crippen LogP contribution is -2.27. The van der Waals surface area contributed by atoms with Gasteiger partial charge in [-0.2, -0.15) is 8.42 Å². The quantitative estimate of drug-likeness (QED) is 0.237. The molecule has 0 aromatic heterocycles. The third-order valence-corrected chi connectivity index (χ3v) is 5.24. The van der Waals surface area contributed by atoms with E-state index in [9.17, 15) is 22.7 Å². The van der Waals surface area contributed by atoms with Gasteiger partial charge in [-0.15, -0.1) is 0 Å². The Morgan fingerprint density at radius 3 is 2.21 bits per heavy atom. The number of rotatable bonds is 7. The Morgan fingerprint density at radius 1 is 1.17 bits per heavy atom. The second-order valence-electron chi connectivity index (χ2n) is 4.61. The van der Waals surface area contributed by atoms with Crippen molar-refractivity contribution in [3.63, 3.8) is 0 Å². The van der Waals surface area contributed by atoms with Gasteiger partial charge in [0.25, 0.3) is 10.1 Å². The van der Waals surface area contributed by atoms with Crippen LogP contribution in [-0.4, -0.2) is 43.4 Å². The Bertz CT molecular complexity index is 824. The van der Waals surface area contributed by atoms with E-state index in [1.54, 1.807) is 0 Å². The SMILES string of the molecule is O=P(O)(O)C=CC(NCc1cc(O)ccc1S(=O)(=O)O)P(=O)(O)O. The molecule has 0 bridgehead atoms. The molecule has 1 rings (SSSR count). The molecule has 1 atom stereocenters. The Morgan fingerprint density at radius 2 is 1.75 bits per heavy atom. The molecule has 136 valence electrons.